The molecule has 2 heterocycles. The van der Waals surface area contributed by atoms with Gasteiger partial charge >= 0.3 is 0 Å². The van der Waals surface area contributed by atoms with Crippen molar-refractivity contribution in [1.29, 1.82) is 0 Å². The first-order valence-electron chi connectivity index (χ1n) is 9.17. The maximum atomic E-state index is 8.82. The topological polar surface area (TPSA) is 109 Å². The molecule has 0 aliphatic rings. The van der Waals surface area contributed by atoms with E-state index in [0.29, 0.717) is 33.5 Å². The number of pyridine rings is 1. The lowest BCUT2D eigenvalue weighted by Gasteiger charge is -2.17. The Morgan fingerprint density at radius 1 is 1.33 bits per heavy atom. The number of nitrogens with one attached hydrogen (secondary N) is 1. The third-order valence-corrected chi connectivity index (χ3v) is 4.87. The summed E-state index contributed by atoms with van der Waals surface area (Å²) in [7, 11) is 0. The van der Waals surface area contributed by atoms with Crippen LogP contribution >= 0.6 is 23.2 Å². The number of nitrogens with zero attached hydrogens (tertiary/aromatic N) is 3. The molecule has 0 aliphatic heterocycles. The van der Waals surface area contributed by atoms with E-state index >= 15 is 0 Å². The van der Waals surface area contributed by atoms with Gasteiger partial charge in [-0.2, -0.15) is 5.10 Å². The van der Waals surface area contributed by atoms with Crippen molar-refractivity contribution in [1.82, 2.24) is 15.2 Å². The summed E-state index contributed by atoms with van der Waals surface area (Å²) >= 11 is 12.5. The predicted octanol–water partition coefficient (Wildman–Crippen LogP) is 4.32. The van der Waals surface area contributed by atoms with E-state index in [9.17, 15) is 0 Å². The third-order valence-electron chi connectivity index (χ3n) is 4.27. The Hall–Kier alpha value is -2.87. The molecule has 0 radical (unpaired) electrons. The van der Waals surface area contributed by atoms with Crippen LogP contribution in [0, 0.1) is 0 Å². The number of ether oxygens (including phenoxy) is 1. The number of fused-ring (bicyclic) bond motifs is 1. The number of nitrogens with two attached hydrogens (primary N) is 1. The summed E-state index contributed by atoms with van der Waals surface area (Å²) in [6, 6.07) is 5.63. The molecule has 0 aliphatic carbocycles. The van der Waals surface area contributed by atoms with Crippen LogP contribution in [0.2, 0.25) is 10.0 Å². The Bertz CT molecular complexity index is 1090. The summed E-state index contributed by atoms with van der Waals surface area (Å²) in [6.07, 6.45) is 9.36. The van der Waals surface area contributed by atoms with Gasteiger partial charge in [0.2, 0.25) is 0 Å². The summed E-state index contributed by atoms with van der Waals surface area (Å²) < 4.78 is 6.07. The molecular formula is C21H21Cl2N5O2. The van der Waals surface area contributed by atoms with E-state index in [2.05, 4.69) is 20.2 Å². The molecule has 1 aromatic carbocycles. The molecule has 0 spiro atoms. The predicted molar refractivity (Wildman–Crippen MR) is 121 cm³/mol. The molecular weight excluding hydrogens is 425 g/mol. The zero-order valence-corrected chi connectivity index (χ0v) is 17.7. The number of hydrogen-bond donors (Lipinski definition) is 3. The van der Waals surface area contributed by atoms with Crippen molar-refractivity contribution in [2.75, 3.05) is 13.2 Å². The molecule has 1 atom stereocenters. The van der Waals surface area contributed by atoms with E-state index in [1.807, 2.05) is 31.2 Å². The minimum absolute atomic E-state index is 0.0147. The van der Waals surface area contributed by atoms with Crippen molar-refractivity contribution in [3.63, 3.8) is 0 Å². The second kappa shape index (κ2) is 10.2. The second-order valence-electron chi connectivity index (χ2n) is 6.35. The van der Waals surface area contributed by atoms with Gasteiger partial charge in [0, 0.05) is 41.3 Å². The van der Waals surface area contributed by atoms with Crippen molar-refractivity contribution < 1.29 is 9.84 Å². The minimum atomic E-state index is -0.370. The Balaban J connectivity index is 1.83. The second-order valence-corrected chi connectivity index (χ2v) is 7.17. The van der Waals surface area contributed by atoms with Crippen molar-refractivity contribution in [3.05, 3.63) is 69.7 Å². The Kier molecular flexibility index (Phi) is 7.46. The van der Waals surface area contributed by atoms with Gasteiger partial charge in [-0.05, 0) is 37.3 Å². The van der Waals surface area contributed by atoms with Crippen LogP contribution in [-0.2, 0) is 0 Å². The van der Waals surface area contributed by atoms with E-state index < -0.39 is 0 Å². The molecule has 0 amide bonds. The van der Waals surface area contributed by atoms with Gasteiger partial charge in [0.15, 0.2) is 0 Å². The summed E-state index contributed by atoms with van der Waals surface area (Å²) in [6.45, 7) is 2.18. The molecule has 0 fully saturated rings. The number of aliphatic imine (C=N–C) groups is 1. The number of aromatic nitrogens is 3. The van der Waals surface area contributed by atoms with Crippen LogP contribution in [0.1, 0.15) is 24.3 Å². The highest BCUT2D eigenvalue weighted by atomic mass is 35.5. The fraction of sp³-hybridized carbons (Fsp3) is 0.190. The molecule has 30 heavy (non-hydrogen) atoms. The van der Waals surface area contributed by atoms with Crippen molar-refractivity contribution in [2.24, 2.45) is 10.7 Å². The van der Waals surface area contributed by atoms with E-state index in [-0.39, 0.29) is 12.7 Å². The molecule has 0 unspecified atom stereocenters. The van der Waals surface area contributed by atoms with Crippen molar-refractivity contribution in [2.45, 2.75) is 13.0 Å². The molecule has 0 saturated heterocycles. The molecule has 0 saturated carbocycles. The van der Waals surface area contributed by atoms with E-state index in [0.717, 1.165) is 16.6 Å². The van der Waals surface area contributed by atoms with Crippen LogP contribution < -0.4 is 10.5 Å². The quantitative estimate of drug-likeness (QED) is 0.353. The summed E-state index contributed by atoms with van der Waals surface area (Å²) in [4.78, 5) is 8.03. The molecule has 4 N–H and O–H groups in total. The first kappa shape index (κ1) is 21.8. The average molecular weight is 446 g/mol. The van der Waals surface area contributed by atoms with Gasteiger partial charge < -0.3 is 15.6 Å². The Morgan fingerprint density at radius 3 is 2.80 bits per heavy atom. The average Bonchev–Trinajstić information content (AvgIpc) is 3.13. The van der Waals surface area contributed by atoms with Crippen molar-refractivity contribution >= 4 is 46.4 Å². The standard InChI is InChI=1S/C21H21Cl2N5O2/c1-13(21-17(22)11-26-12-18(21)23)30-15-3-5-20-16(8-15)19(27-28-20)4-2-14(9-24)10-25-6-7-29/h2-5,8-13,29H,6-7,24H2,1H3,(H,27,28)/b4-2+,14-9?,25-10?/t13-/m1/s1. The van der Waals surface area contributed by atoms with Gasteiger partial charge in [-0.3, -0.25) is 15.1 Å². The zero-order chi connectivity index (χ0) is 21.5. The molecule has 0 bridgehead atoms. The third kappa shape index (κ3) is 5.18. The highest BCUT2D eigenvalue weighted by Gasteiger charge is 2.16. The molecule has 3 rings (SSSR count). The van der Waals surface area contributed by atoms with Gasteiger partial charge in [0.25, 0.3) is 0 Å². The van der Waals surface area contributed by atoms with E-state index in [1.165, 1.54) is 18.6 Å². The first-order valence-corrected chi connectivity index (χ1v) is 9.93. The lowest BCUT2D eigenvalue weighted by Crippen LogP contribution is -2.05. The molecule has 3 aromatic rings. The zero-order valence-electron chi connectivity index (χ0n) is 16.2. The van der Waals surface area contributed by atoms with Gasteiger partial charge in [0.05, 0.1) is 34.4 Å². The van der Waals surface area contributed by atoms with Gasteiger partial charge in [-0.15, -0.1) is 0 Å². The minimum Gasteiger partial charge on any atom is -0.486 e. The SMILES string of the molecule is C[C@@H](Oc1ccc2[nH]nc(/C=C/C(C=NCCO)=CN)c2c1)c1c(Cl)cncc1Cl. The summed E-state index contributed by atoms with van der Waals surface area (Å²) in [5, 5.41) is 17.9. The number of allylic oxidation sites excluding steroid dienone is 2. The Labute approximate surface area is 183 Å². The number of halogens is 2. The lowest BCUT2D eigenvalue weighted by atomic mass is 10.1. The van der Waals surface area contributed by atoms with Crippen LogP contribution in [-0.4, -0.2) is 39.7 Å². The van der Waals surface area contributed by atoms with Crippen LogP contribution in [0.3, 0.4) is 0 Å². The van der Waals surface area contributed by atoms with Gasteiger partial charge in [-0.1, -0.05) is 23.2 Å². The smallest absolute Gasteiger partial charge is 0.124 e. The maximum absolute atomic E-state index is 8.82. The largest absolute Gasteiger partial charge is 0.486 e. The molecule has 156 valence electrons. The monoisotopic (exact) mass is 445 g/mol. The lowest BCUT2D eigenvalue weighted by molar-refractivity contribution is 0.227. The number of H-pyrrole nitrogens is 1. The number of hydrogen-bond acceptors (Lipinski definition) is 6. The molecule has 2 aromatic heterocycles. The van der Waals surface area contributed by atoms with E-state index in [4.69, 9.17) is 38.8 Å². The summed E-state index contributed by atoms with van der Waals surface area (Å²) in [5.41, 5.74) is 8.59. The van der Waals surface area contributed by atoms with Crippen LogP contribution in [0.4, 0.5) is 0 Å². The number of aliphatic hydroxyl groups is 1. The van der Waals surface area contributed by atoms with Gasteiger partial charge in [0.1, 0.15) is 11.9 Å². The highest BCUT2D eigenvalue weighted by molar-refractivity contribution is 6.35. The Morgan fingerprint density at radius 2 is 2.10 bits per heavy atom. The number of benzene rings is 1. The first-order chi connectivity index (χ1) is 14.5. The normalized spacial score (nSPS) is 13.5. The van der Waals surface area contributed by atoms with Crippen LogP contribution in [0.5, 0.6) is 5.75 Å². The number of aliphatic hydroxyl groups excluding tert-OH is 1. The fourth-order valence-corrected chi connectivity index (χ4v) is 3.50. The van der Waals surface area contributed by atoms with Crippen LogP contribution in [0.15, 0.2) is 53.4 Å². The van der Waals surface area contributed by atoms with Crippen molar-refractivity contribution in [3.8, 4) is 5.75 Å². The van der Waals surface area contributed by atoms with E-state index in [1.54, 1.807) is 12.3 Å². The van der Waals surface area contributed by atoms with Gasteiger partial charge in [-0.25, -0.2) is 0 Å². The highest BCUT2D eigenvalue weighted by Crippen LogP contribution is 2.33. The summed E-state index contributed by atoms with van der Waals surface area (Å²) in [5.74, 6) is 0.647. The number of rotatable bonds is 8. The number of aromatic amines is 1. The van der Waals surface area contributed by atoms with Crippen LogP contribution in [0.25, 0.3) is 17.0 Å². The maximum Gasteiger partial charge on any atom is 0.124 e. The molecule has 9 heteroatoms. The molecule has 7 nitrogen and oxygen atoms in total. The fourth-order valence-electron chi connectivity index (χ4n) is 2.83.